The molecule has 0 N–H and O–H groups in total. The van der Waals surface area contributed by atoms with Gasteiger partial charge in [-0.1, -0.05) is 23.9 Å². The van der Waals surface area contributed by atoms with E-state index in [0.717, 1.165) is 17.9 Å². The molecule has 1 aromatic rings. The van der Waals surface area contributed by atoms with Gasteiger partial charge in [0.1, 0.15) is 11.9 Å². The van der Waals surface area contributed by atoms with Crippen LogP contribution >= 0.6 is 11.8 Å². The summed E-state index contributed by atoms with van der Waals surface area (Å²) in [6.07, 6.45) is 0.111. The van der Waals surface area contributed by atoms with E-state index in [1.54, 1.807) is 21.9 Å². The number of ether oxygens (including phenoxy) is 1. The van der Waals surface area contributed by atoms with Gasteiger partial charge in [-0.2, -0.15) is 0 Å². The first-order chi connectivity index (χ1) is 11.1. The van der Waals surface area contributed by atoms with Gasteiger partial charge in [0.25, 0.3) is 5.24 Å². The van der Waals surface area contributed by atoms with Crippen LogP contribution in [0.3, 0.4) is 0 Å². The van der Waals surface area contributed by atoms with Crippen molar-refractivity contribution in [3.63, 3.8) is 0 Å². The van der Waals surface area contributed by atoms with Crippen molar-refractivity contribution in [3.8, 4) is 0 Å². The lowest BCUT2D eigenvalue weighted by Gasteiger charge is -2.33. The molecule has 0 radical (unpaired) electrons. The molecule has 2 heterocycles. The van der Waals surface area contributed by atoms with Gasteiger partial charge in [-0.25, -0.2) is 4.39 Å². The summed E-state index contributed by atoms with van der Waals surface area (Å²) < 4.78 is 18.7. The quantitative estimate of drug-likeness (QED) is 0.845. The summed E-state index contributed by atoms with van der Waals surface area (Å²) in [5.74, 6) is 0.549. The van der Waals surface area contributed by atoms with Gasteiger partial charge in [0.2, 0.25) is 5.91 Å². The molecule has 0 aliphatic carbocycles. The minimum absolute atomic E-state index is 0.0325. The van der Waals surface area contributed by atoms with Gasteiger partial charge in [-0.3, -0.25) is 9.59 Å². The van der Waals surface area contributed by atoms with Crippen LogP contribution in [-0.2, 0) is 9.53 Å². The molecule has 3 rings (SSSR count). The first-order valence-electron chi connectivity index (χ1n) is 7.70. The zero-order valence-electron chi connectivity index (χ0n) is 12.7. The van der Waals surface area contributed by atoms with Gasteiger partial charge in [-0.05, 0) is 17.7 Å². The van der Waals surface area contributed by atoms with Gasteiger partial charge in [-0.15, -0.1) is 0 Å². The van der Waals surface area contributed by atoms with Gasteiger partial charge in [0.15, 0.2) is 0 Å². The van der Waals surface area contributed by atoms with E-state index in [1.807, 2.05) is 0 Å². The van der Waals surface area contributed by atoms with Gasteiger partial charge in [0.05, 0.1) is 13.2 Å². The average molecular weight is 338 g/mol. The van der Waals surface area contributed by atoms with Crippen LogP contribution in [0.4, 0.5) is 9.18 Å². The molecule has 2 aliphatic heterocycles. The molecule has 1 atom stereocenters. The molecular formula is C16H19FN2O3S. The summed E-state index contributed by atoms with van der Waals surface area (Å²) in [5.41, 5.74) is 0.870. The van der Waals surface area contributed by atoms with E-state index in [2.05, 4.69) is 0 Å². The van der Waals surface area contributed by atoms with Crippen LogP contribution in [0.1, 0.15) is 18.1 Å². The summed E-state index contributed by atoms with van der Waals surface area (Å²) in [4.78, 5) is 27.4. The first kappa shape index (κ1) is 16.3. The first-order valence-corrected chi connectivity index (χ1v) is 8.68. The standard InChI is InChI=1S/C16H19FN2O3S/c17-13-3-1-12(2-4-13)14-11-19(7-9-22-14)15(20)5-6-18-8-10-23-16(18)21/h1-4,14H,5-11H2. The predicted octanol–water partition coefficient (Wildman–Crippen LogP) is 2.28. The van der Waals surface area contributed by atoms with Crippen molar-refractivity contribution in [1.82, 2.24) is 9.80 Å². The third-order valence-corrected chi connectivity index (χ3v) is 4.99. The smallest absolute Gasteiger partial charge is 0.281 e. The highest BCUT2D eigenvalue weighted by atomic mass is 32.2. The van der Waals surface area contributed by atoms with Crippen LogP contribution in [0.2, 0.25) is 0 Å². The molecule has 2 amide bonds. The number of benzene rings is 1. The fourth-order valence-corrected chi connectivity index (χ4v) is 3.62. The fourth-order valence-electron chi connectivity index (χ4n) is 2.77. The van der Waals surface area contributed by atoms with Crippen molar-refractivity contribution in [3.05, 3.63) is 35.6 Å². The molecular weight excluding hydrogens is 319 g/mol. The van der Waals surface area contributed by atoms with Crippen LogP contribution < -0.4 is 0 Å². The molecule has 1 aromatic carbocycles. The second kappa shape index (κ2) is 7.31. The maximum absolute atomic E-state index is 13.0. The van der Waals surface area contributed by atoms with E-state index in [4.69, 9.17) is 4.74 Å². The molecule has 0 saturated carbocycles. The summed E-state index contributed by atoms with van der Waals surface area (Å²) in [6, 6.07) is 6.18. The molecule has 2 saturated heterocycles. The maximum atomic E-state index is 13.0. The fraction of sp³-hybridized carbons (Fsp3) is 0.500. The number of amides is 2. The lowest BCUT2D eigenvalue weighted by atomic mass is 10.1. The molecule has 0 spiro atoms. The monoisotopic (exact) mass is 338 g/mol. The van der Waals surface area contributed by atoms with Crippen LogP contribution in [0.25, 0.3) is 0 Å². The number of thioether (sulfide) groups is 1. The molecule has 7 heteroatoms. The maximum Gasteiger partial charge on any atom is 0.281 e. The van der Waals surface area contributed by atoms with Gasteiger partial charge in [0, 0.05) is 31.8 Å². The lowest BCUT2D eigenvalue weighted by Crippen LogP contribution is -2.43. The van der Waals surface area contributed by atoms with E-state index in [1.165, 1.54) is 23.9 Å². The average Bonchev–Trinajstić information content (AvgIpc) is 2.98. The van der Waals surface area contributed by atoms with Crippen LogP contribution in [0.15, 0.2) is 24.3 Å². The van der Waals surface area contributed by atoms with E-state index >= 15 is 0 Å². The molecule has 0 bridgehead atoms. The summed E-state index contributed by atoms with van der Waals surface area (Å²) >= 11 is 1.30. The number of carbonyl (C=O) groups is 2. The Morgan fingerprint density at radius 2 is 2.09 bits per heavy atom. The zero-order chi connectivity index (χ0) is 16.2. The van der Waals surface area contributed by atoms with Gasteiger partial charge >= 0.3 is 0 Å². The third kappa shape index (κ3) is 4.03. The van der Waals surface area contributed by atoms with E-state index < -0.39 is 0 Å². The van der Waals surface area contributed by atoms with Crippen molar-refractivity contribution < 1.29 is 18.7 Å². The Kier molecular flexibility index (Phi) is 5.17. The van der Waals surface area contributed by atoms with Crippen molar-refractivity contribution in [1.29, 1.82) is 0 Å². The van der Waals surface area contributed by atoms with Crippen LogP contribution in [0, 0.1) is 5.82 Å². The highest BCUT2D eigenvalue weighted by molar-refractivity contribution is 8.13. The Morgan fingerprint density at radius 1 is 1.30 bits per heavy atom. The Labute approximate surface area is 138 Å². The summed E-state index contributed by atoms with van der Waals surface area (Å²) in [5, 5.41) is 0.0592. The van der Waals surface area contributed by atoms with E-state index in [0.29, 0.717) is 32.7 Å². The lowest BCUT2D eigenvalue weighted by molar-refractivity contribution is -0.139. The zero-order valence-corrected chi connectivity index (χ0v) is 13.6. The number of nitrogens with zero attached hydrogens (tertiary/aromatic N) is 2. The molecule has 2 aliphatic rings. The van der Waals surface area contributed by atoms with Crippen molar-refractivity contribution in [2.24, 2.45) is 0 Å². The highest BCUT2D eigenvalue weighted by Gasteiger charge is 2.27. The topological polar surface area (TPSA) is 49.9 Å². The normalized spacial score (nSPS) is 21.8. The summed E-state index contributed by atoms with van der Waals surface area (Å²) in [6.45, 7) is 2.68. The second-order valence-electron chi connectivity index (χ2n) is 5.60. The van der Waals surface area contributed by atoms with Crippen LogP contribution in [-0.4, -0.2) is 59.5 Å². The second-order valence-corrected chi connectivity index (χ2v) is 6.65. The van der Waals surface area contributed by atoms with Crippen LogP contribution in [0.5, 0.6) is 0 Å². The number of hydrogen-bond acceptors (Lipinski definition) is 4. The minimum Gasteiger partial charge on any atom is -0.370 e. The number of rotatable bonds is 4. The van der Waals surface area contributed by atoms with Crippen molar-refractivity contribution in [2.75, 3.05) is 38.5 Å². The Bertz CT molecular complexity index is 581. The molecule has 5 nitrogen and oxygen atoms in total. The highest BCUT2D eigenvalue weighted by Crippen LogP contribution is 2.23. The Balaban J connectivity index is 1.54. The minimum atomic E-state index is -0.286. The molecule has 23 heavy (non-hydrogen) atoms. The predicted molar refractivity (Wildman–Crippen MR) is 85.7 cm³/mol. The number of morpholine rings is 1. The van der Waals surface area contributed by atoms with Crippen molar-refractivity contribution >= 4 is 22.9 Å². The SMILES string of the molecule is O=C(CCN1CCSC1=O)N1CCOC(c2ccc(F)cc2)C1. The largest absolute Gasteiger partial charge is 0.370 e. The van der Waals surface area contributed by atoms with Crippen molar-refractivity contribution in [2.45, 2.75) is 12.5 Å². The molecule has 0 aromatic heterocycles. The Hall–Kier alpha value is -1.60. The van der Waals surface area contributed by atoms with Gasteiger partial charge < -0.3 is 14.5 Å². The molecule has 2 fully saturated rings. The molecule has 124 valence electrons. The number of hydrogen-bond donors (Lipinski definition) is 0. The Morgan fingerprint density at radius 3 is 2.78 bits per heavy atom. The number of carbonyl (C=O) groups excluding carboxylic acids is 2. The third-order valence-electron chi connectivity index (χ3n) is 4.10. The number of halogens is 1. The summed E-state index contributed by atoms with van der Waals surface area (Å²) in [7, 11) is 0. The van der Waals surface area contributed by atoms with E-state index in [9.17, 15) is 14.0 Å². The van der Waals surface area contributed by atoms with E-state index in [-0.39, 0.29) is 23.1 Å². The molecule has 1 unspecified atom stereocenters.